The van der Waals surface area contributed by atoms with E-state index in [1.165, 1.54) is 0 Å². The fourth-order valence-electron chi connectivity index (χ4n) is 2.16. The maximum atomic E-state index is 11.9. The molecule has 2 amide bonds. The molecule has 7 heteroatoms. The van der Waals surface area contributed by atoms with Crippen LogP contribution < -0.4 is 11.1 Å². The maximum Gasteiger partial charge on any atom is 0.261 e. The molecule has 21 heavy (non-hydrogen) atoms. The Morgan fingerprint density at radius 2 is 1.86 bits per heavy atom. The minimum absolute atomic E-state index is 0.140. The molecule has 0 radical (unpaired) electrons. The summed E-state index contributed by atoms with van der Waals surface area (Å²) < 4.78 is 0. The van der Waals surface area contributed by atoms with E-state index in [0.29, 0.717) is 5.84 Å². The summed E-state index contributed by atoms with van der Waals surface area (Å²) in [6.45, 7) is 7.66. The minimum Gasteiger partial charge on any atom is -0.370 e. The lowest BCUT2D eigenvalue weighted by Gasteiger charge is -2.34. The predicted octanol–water partition coefficient (Wildman–Crippen LogP) is 1.12. The number of nitrogens with one attached hydrogen (secondary N) is 1. The number of imide groups is 1. The predicted molar refractivity (Wildman–Crippen MR) is 82.5 cm³/mol. The zero-order chi connectivity index (χ0) is 16.0. The molecule has 2 rings (SSSR count). The van der Waals surface area contributed by atoms with Gasteiger partial charge in [0.05, 0.1) is 0 Å². The Morgan fingerprint density at radius 3 is 2.33 bits per heavy atom. The number of nitrogens with two attached hydrogens (primary N) is 1. The molecule has 1 saturated heterocycles. The van der Waals surface area contributed by atoms with E-state index in [1.807, 2.05) is 26.8 Å². The van der Waals surface area contributed by atoms with Gasteiger partial charge >= 0.3 is 0 Å². The van der Waals surface area contributed by atoms with Crippen LogP contribution in [0.5, 0.6) is 0 Å². The number of amidine groups is 1. The Balaban J connectivity index is 0.00000106. The molecule has 0 aromatic heterocycles. The van der Waals surface area contributed by atoms with Crippen molar-refractivity contribution < 1.29 is 9.59 Å². The third-order valence-electron chi connectivity index (χ3n) is 2.88. The monoisotopic (exact) mass is 293 g/mol. The standard InChI is InChI=1S/C12H17N5O2.C2H6/c1-3-4-7-12(15-8(2)14-11(13)16-12)17-9(18)5-6-10(17)19;1-2/h4,7H,3,5-6H2,1-2H3,(H3,13,14,15,16);1-2H3. The molecule has 2 aliphatic rings. The van der Waals surface area contributed by atoms with E-state index < -0.39 is 5.79 Å². The van der Waals surface area contributed by atoms with E-state index >= 15 is 0 Å². The van der Waals surface area contributed by atoms with Crippen molar-refractivity contribution in [1.82, 2.24) is 10.2 Å². The topological polar surface area (TPSA) is 100 Å². The number of amides is 2. The van der Waals surface area contributed by atoms with Crippen molar-refractivity contribution in [2.75, 3.05) is 0 Å². The van der Waals surface area contributed by atoms with Crippen LogP contribution in [-0.4, -0.2) is 34.3 Å². The van der Waals surface area contributed by atoms with Crippen molar-refractivity contribution in [2.45, 2.75) is 52.7 Å². The maximum absolute atomic E-state index is 11.9. The van der Waals surface area contributed by atoms with Crippen molar-refractivity contribution in [1.29, 1.82) is 0 Å². The first-order chi connectivity index (χ1) is 9.98. The summed E-state index contributed by atoms with van der Waals surface area (Å²) in [7, 11) is 0. The lowest BCUT2D eigenvalue weighted by Crippen LogP contribution is -2.54. The molecule has 0 aromatic rings. The number of likely N-dealkylation sites (tertiary alicyclic amines) is 1. The largest absolute Gasteiger partial charge is 0.370 e. The number of nitrogens with zero attached hydrogens (tertiary/aromatic N) is 3. The Morgan fingerprint density at radius 1 is 1.29 bits per heavy atom. The molecule has 7 nitrogen and oxygen atoms in total. The smallest absolute Gasteiger partial charge is 0.261 e. The van der Waals surface area contributed by atoms with Crippen LogP contribution in [0.1, 0.15) is 47.0 Å². The van der Waals surface area contributed by atoms with E-state index in [2.05, 4.69) is 15.3 Å². The molecule has 2 aliphatic heterocycles. The van der Waals surface area contributed by atoms with Crippen LogP contribution >= 0.6 is 0 Å². The minimum atomic E-state index is -1.36. The molecule has 0 aliphatic carbocycles. The van der Waals surface area contributed by atoms with E-state index in [0.717, 1.165) is 11.3 Å². The van der Waals surface area contributed by atoms with Crippen LogP contribution in [0.4, 0.5) is 0 Å². The second kappa shape index (κ2) is 7.01. The molecule has 3 N–H and O–H groups in total. The molecule has 1 unspecified atom stereocenters. The number of carbonyl (C=O) groups excluding carboxylic acids is 2. The van der Waals surface area contributed by atoms with Crippen LogP contribution in [0.25, 0.3) is 0 Å². The lowest BCUT2D eigenvalue weighted by atomic mass is 10.2. The van der Waals surface area contributed by atoms with Crippen LogP contribution in [0, 0.1) is 0 Å². The van der Waals surface area contributed by atoms with Gasteiger partial charge in [-0.3, -0.25) is 9.59 Å². The third kappa shape index (κ3) is 3.48. The van der Waals surface area contributed by atoms with Gasteiger partial charge in [-0.2, -0.15) is 4.99 Å². The quantitative estimate of drug-likeness (QED) is 0.601. The number of allylic oxidation sites excluding steroid dienone is 1. The van der Waals surface area contributed by atoms with Crippen LogP contribution in [0.15, 0.2) is 22.1 Å². The van der Waals surface area contributed by atoms with Gasteiger partial charge in [-0.1, -0.05) is 26.8 Å². The zero-order valence-corrected chi connectivity index (χ0v) is 13.0. The Bertz CT molecular complexity index is 473. The van der Waals surface area contributed by atoms with E-state index in [1.54, 1.807) is 13.0 Å². The van der Waals surface area contributed by atoms with E-state index in [4.69, 9.17) is 5.73 Å². The summed E-state index contributed by atoms with van der Waals surface area (Å²) in [5.41, 5.74) is 5.71. The molecule has 0 spiro atoms. The summed E-state index contributed by atoms with van der Waals surface area (Å²) in [4.78, 5) is 33.5. The normalized spacial score (nSPS) is 25.2. The van der Waals surface area contributed by atoms with Crippen molar-refractivity contribution >= 4 is 23.6 Å². The molecule has 116 valence electrons. The summed E-state index contributed by atoms with van der Waals surface area (Å²) in [6, 6.07) is 0. The van der Waals surface area contributed by atoms with Gasteiger partial charge < -0.3 is 11.1 Å². The highest BCUT2D eigenvalue weighted by Gasteiger charge is 2.46. The Labute approximate surface area is 125 Å². The highest BCUT2D eigenvalue weighted by molar-refractivity contribution is 6.05. The molecule has 0 bridgehead atoms. The second-order valence-corrected chi connectivity index (χ2v) is 4.44. The van der Waals surface area contributed by atoms with Crippen molar-refractivity contribution in [3.8, 4) is 0 Å². The van der Waals surface area contributed by atoms with Gasteiger partial charge in [0.15, 0.2) is 5.96 Å². The first kappa shape index (κ1) is 16.9. The van der Waals surface area contributed by atoms with Crippen molar-refractivity contribution in [2.24, 2.45) is 15.7 Å². The molecule has 1 atom stereocenters. The number of rotatable bonds is 3. The number of guanidine groups is 1. The number of carbonyl (C=O) groups is 2. The van der Waals surface area contributed by atoms with Gasteiger partial charge in [-0.15, -0.1) is 0 Å². The van der Waals surface area contributed by atoms with Crippen LogP contribution in [-0.2, 0) is 9.59 Å². The number of hydrogen-bond acceptors (Lipinski definition) is 6. The molecule has 0 aromatic carbocycles. The highest BCUT2D eigenvalue weighted by atomic mass is 16.2. The summed E-state index contributed by atoms with van der Waals surface area (Å²) in [5, 5.41) is 2.76. The SMILES string of the molecule is CC.CCC=CC1(N2C(=O)CCC2=O)N=C(C)NC(N)=N1. The van der Waals surface area contributed by atoms with Crippen molar-refractivity contribution in [3.63, 3.8) is 0 Å². The average molecular weight is 293 g/mol. The van der Waals surface area contributed by atoms with Crippen LogP contribution in [0.2, 0.25) is 0 Å². The van der Waals surface area contributed by atoms with E-state index in [9.17, 15) is 9.59 Å². The average Bonchev–Trinajstić information content (AvgIpc) is 2.77. The lowest BCUT2D eigenvalue weighted by molar-refractivity contribution is -0.143. The molecular weight excluding hydrogens is 270 g/mol. The summed E-state index contributed by atoms with van der Waals surface area (Å²) in [6.07, 6.45) is 4.59. The van der Waals surface area contributed by atoms with Crippen molar-refractivity contribution in [3.05, 3.63) is 12.2 Å². The van der Waals surface area contributed by atoms with Gasteiger partial charge in [0, 0.05) is 12.8 Å². The molecule has 1 fully saturated rings. The zero-order valence-electron chi connectivity index (χ0n) is 13.0. The highest BCUT2D eigenvalue weighted by Crippen LogP contribution is 2.29. The second-order valence-electron chi connectivity index (χ2n) is 4.44. The van der Waals surface area contributed by atoms with Gasteiger partial charge in [0.25, 0.3) is 5.79 Å². The fraction of sp³-hybridized carbons (Fsp3) is 0.571. The molecule has 0 saturated carbocycles. The Hall–Kier alpha value is -2.18. The van der Waals surface area contributed by atoms with Crippen LogP contribution in [0.3, 0.4) is 0 Å². The first-order valence-electron chi connectivity index (χ1n) is 7.21. The van der Waals surface area contributed by atoms with E-state index in [-0.39, 0.29) is 30.6 Å². The summed E-state index contributed by atoms with van der Waals surface area (Å²) in [5.74, 6) is -1.26. The number of hydrogen-bond donors (Lipinski definition) is 2. The molecule has 2 heterocycles. The third-order valence-corrected chi connectivity index (χ3v) is 2.88. The Kier molecular flexibility index (Phi) is 5.63. The van der Waals surface area contributed by atoms with Gasteiger partial charge in [0.1, 0.15) is 5.84 Å². The first-order valence-corrected chi connectivity index (χ1v) is 7.21. The fourth-order valence-corrected chi connectivity index (χ4v) is 2.16. The van der Waals surface area contributed by atoms with Gasteiger partial charge in [0.2, 0.25) is 11.8 Å². The molecular formula is C14H23N5O2. The van der Waals surface area contributed by atoms with Gasteiger partial charge in [-0.25, -0.2) is 9.89 Å². The summed E-state index contributed by atoms with van der Waals surface area (Å²) >= 11 is 0. The number of aliphatic imine (C=N–C) groups is 2. The van der Waals surface area contributed by atoms with Gasteiger partial charge in [-0.05, 0) is 19.4 Å².